The van der Waals surface area contributed by atoms with Crippen molar-refractivity contribution in [2.45, 2.75) is 37.2 Å². The van der Waals surface area contributed by atoms with Gasteiger partial charge in [-0.15, -0.1) is 11.8 Å². The summed E-state index contributed by atoms with van der Waals surface area (Å²) in [7, 11) is 0. The van der Waals surface area contributed by atoms with Gasteiger partial charge in [0, 0.05) is 23.0 Å². The van der Waals surface area contributed by atoms with E-state index in [-0.39, 0.29) is 12.6 Å². The molecule has 1 aromatic carbocycles. The van der Waals surface area contributed by atoms with Gasteiger partial charge in [0.05, 0.1) is 6.61 Å². The van der Waals surface area contributed by atoms with E-state index in [9.17, 15) is 8.78 Å². The lowest BCUT2D eigenvalue weighted by Gasteiger charge is -2.18. The Hall–Kier alpha value is -0.650. The fraction of sp³-hybridized carbons (Fsp3) is 0.538. The minimum absolute atomic E-state index is 0.0148. The Morgan fingerprint density at radius 1 is 1.33 bits per heavy atom. The molecule has 2 nitrogen and oxygen atoms in total. The molecule has 1 aromatic rings. The fourth-order valence-electron chi connectivity index (χ4n) is 1.60. The SMILES string of the molecule is CC(C)NC(CO)CCSc1ccc(F)cc1F. The number of nitrogens with one attached hydrogen (secondary N) is 1. The maximum absolute atomic E-state index is 13.3. The molecule has 2 N–H and O–H groups in total. The first-order valence-corrected chi connectivity index (χ1v) is 6.96. The molecule has 5 heteroatoms. The molecule has 0 fully saturated rings. The Kier molecular flexibility index (Phi) is 6.60. The number of halogens is 2. The van der Waals surface area contributed by atoms with Gasteiger partial charge in [0.15, 0.2) is 0 Å². The maximum Gasteiger partial charge on any atom is 0.139 e. The Morgan fingerprint density at radius 3 is 2.61 bits per heavy atom. The van der Waals surface area contributed by atoms with E-state index in [1.807, 2.05) is 13.8 Å². The fourth-order valence-corrected chi connectivity index (χ4v) is 2.59. The van der Waals surface area contributed by atoms with Gasteiger partial charge in [-0.1, -0.05) is 13.8 Å². The van der Waals surface area contributed by atoms with Crippen LogP contribution in [0.25, 0.3) is 0 Å². The molecule has 1 unspecified atom stereocenters. The predicted molar refractivity (Wildman–Crippen MR) is 70.8 cm³/mol. The highest BCUT2D eigenvalue weighted by Gasteiger charge is 2.10. The van der Waals surface area contributed by atoms with Crippen molar-refractivity contribution in [1.29, 1.82) is 0 Å². The number of hydrogen-bond donors (Lipinski definition) is 2. The monoisotopic (exact) mass is 275 g/mol. The molecule has 0 heterocycles. The molecule has 0 bridgehead atoms. The van der Waals surface area contributed by atoms with Gasteiger partial charge >= 0.3 is 0 Å². The Labute approximate surface area is 111 Å². The third-order valence-corrected chi connectivity index (χ3v) is 3.49. The third-order valence-electron chi connectivity index (χ3n) is 2.41. The van der Waals surface area contributed by atoms with E-state index in [2.05, 4.69) is 5.32 Å². The molecule has 0 aromatic heterocycles. The van der Waals surface area contributed by atoms with Gasteiger partial charge in [-0.3, -0.25) is 0 Å². The largest absolute Gasteiger partial charge is 0.395 e. The molecule has 1 atom stereocenters. The number of hydrogen-bond acceptors (Lipinski definition) is 3. The molecule has 0 radical (unpaired) electrons. The van der Waals surface area contributed by atoms with Gasteiger partial charge < -0.3 is 10.4 Å². The molecule has 0 saturated heterocycles. The van der Waals surface area contributed by atoms with E-state index in [1.54, 1.807) is 0 Å². The zero-order valence-electron chi connectivity index (χ0n) is 10.6. The minimum Gasteiger partial charge on any atom is -0.395 e. The lowest BCUT2D eigenvalue weighted by Crippen LogP contribution is -2.37. The van der Waals surface area contributed by atoms with Crippen molar-refractivity contribution in [3.8, 4) is 0 Å². The third kappa shape index (κ3) is 5.33. The van der Waals surface area contributed by atoms with Crippen molar-refractivity contribution in [2.75, 3.05) is 12.4 Å². The summed E-state index contributed by atoms with van der Waals surface area (Å²) < 4.78 is 26.0. The van der Waals surface area contributed by atoms with Crippen LogP contribution in [0.5, 0.6) is 0 Å². The Morgan fingerprint density at radius 2 is 2.06 bits per heavy atom. The zero-order valence-corrected chi connectivity index (χ0v) is 11.4. The summed E-state index contributed by atoms with van der Waals surface area (Å²) in [6, 6.07) is 3.90. The summed E-state index contributed by atoms with van der Waals surface area (Å²) in [4.78, 5) is 0.442. The van der Waals surface area contributed by atoms with E-state index in [1.165, 1.54) is 23.9 Å². The molecule has 0 aliphatic rings. The first kappa shape index (κ1) is 15.4. The molecule has 1 rings (SSSR count). The van der Waals surface area contributed by atoms with Crippen LogP contribution >= 0.6 is 11.8 Å². The lowest BCUT2D eigenvalue weighted by molar-refractivity contribution is 0.232. The highest BCUT2D eigenvalue weighted by Crippen LogP contribution is 2.23. The van der Waals surface area contributed by atoms with Crippen molar-refractivity contribution < 1.29 is 13.9 Å². The molecular formula is C13H19F2NOS. The summed E-state index contributed by atoms with van der Waals surface area (Å²) in [5, 5.41) is 12.4. The molecule has 0 aliphatic heterocycles. The van der Waals surface area contributed by atoms with Crippen LogP contribution in [-0.4, -0.2) is 29.5 Å². The Bertz CT molecular complexity index is 374. The lowest BCUT2D eigenvalue weighted by atomic mass is 10.2. The second-order valence-electron chi connectivity index (χ2n) is 4.41. The second-order valence-corrected chi connectivity index (χ2v) is 5.55. The van der Waals surface area contributed by atoms with Crippen LogP contribution in [0, 0.1) is 11.6 Å². The van der Waals surface area contributed by atoms with Crippen molar-refractivity contribution in [3.63, 3.8) is 0 Å². The van der Waals surface area contributed by atoms with Crippen LogP contribution in [-0.2, 0) is 0 Å². The molecular weight excluding hydrogens is 256 g/mol. The van der Waals surface area contributed by atoms with Crippen LogP contribution in [0.3, 0.4) is 0 Å². The first-order chi connectivity index (χ1) is 8.52. The van der Waals surface area contributed by atoms with E-state index >= 15 is 0 Å². The highest BCUT2D eigenvalue weighted by atomic mass is 32.2. The summed E-state index contributed by atoms with van der Waals surface area (Å²) in [6.45, 7) is 4.08. The van der Waals surface area contributed by atoms with Crippen LogP contribution in [0.2, 0.25) is 0 Å². The second kappa shape index (κ2) is 7.71. The quantitative estimate of drug-likeness (QED) is 0.751. The van der Waals surface area contributed by atoms with E-state index in [0.717, 1.165) is 12.5 Å². The molecule has 0 aliphatic carbocycles. The summed E-state index contributed by atoms with van der Waals surface area (Å²) in [6.07, 6.45) is 0.732. The van der Waals surface area contributed by atoms with Gasteiger partial charge in [0.2, 0.25) is 0 Å². The number of thioether (sulfide) groups is 1. The van der Waals surface area contributed by atoms with Gasteiger partial charge in [-0.05, 0) is 24.3 Å². The Balaban J connectivity index is 2.40. The van der Waals surface area contributed by atoms with Crippen LogP contribution < -0.4 is 5.32 Å². The van der Waals surface area contributed by atoms with Gasteiger partial charge in [0.1, 0.15) is 11.6 Å². The minimum atomic E-state index is -0.563. The molecule has 18 heavy (non-hydrogen) atoms. The molecule has 0 amide bonds. The summed E-state index contributed by atoms with van der Waals surface area (Å²) in [5.74, 6) is -0.419. The van der Waals surface area contributed by atoms with Gasteiger partial charge in [-0.25, -0.2) is 8.78 Å². The standard InChI is InChI=1S/C13H19F2NOS/c1-9(2)16-11(8-17)5-6-18-13-4-3-10(14)7-12(13)15/h3-4,7,9,11,16-17H,5-6,8H2,1-2H3. The summed E-state index contributed by atoms with van der Waals surface area (Å²) >= 11 is 1.33. The first-order valence-electron chi connectivity index (χ1n) is 5.97. The zero-order chi connectivity index (χ0) is 13.5. The van der Waals surface area contributed by atoms with Crippen molar-refractivity contribution in [3.05, 3.63) is 29.8 Å². The summed E-state index contributed by atoms with van der Waals surface area (Å²) in [5.41, 5.74) is 0. The average molecular weight is 275 g/mol. The number of benzene rings is 1. The molecule has 102 valence electrons. The van der Waals surface area contributed by atoms with E-state index < -0.39 is 11.6 Å². The number of rotatable bonds is 7. The van der Waals surface area contributed by atoms with E-state index in [4.69, 9.17) is 5.11 Å². The smallest absolute Gasteiger partial charge is 0.139 e. The molecule has 0 spiro atoms. The van der Waals surface area contributed by atoms with Gasteiger partial charge in [0.25, 0.3) is 0 Å². The van der Waals surface area contributed by atoms with Crippen LogP contribution in [0.15, 0.2) is 23.1 Å². The maximum atomic E-state index is 13.3. The van der Waals surface area contributed by atoms with Crippen molar-refractivity contribution in [2.24, 2.45) is 0 Å². The van der Waals surface area contributed by atoms with Crippen LogP contribution in [0.1, 0.15) is 20.3 Å². The van der Waals surface area contributed by atoms with E-state index in [0.29, 0.717) is 16.7 Å². The molecule has 0 saturated carbocycles. The predicted octanol–water partition coefficient (Wildman–Crippen LogP) is 2.81. The van der Waals surface area contributed by atoms with Crippen LogP contribution in [0.4, 0.5) is 8.78 Å². The topological polar surface area (TPSA) is 32.3 Å². The highest BCUT2D eigenvalue weighted by molar-refractivity contribution is 7.99. The number of aliphatic hydroxyl groups excluding tert-OH is 1. The average Bonchev–Trinajstić information content (AvgIpc) is 2.30. The van der Waals surface area contributed by atoms with Crippen molar-refractivity contribution in [1.82, 2.24) is 5.32 Å². The van der Waals surface area contributed by atoms with Gasteiger partial charge in [-0.2, -0.15) is 0 Å². The normalized spacial score (nSPS) is 13.0. The number of aliphatic hydroxyl groups is 1. The van der Waals surface area contributed by atoms with Crippen molar-refractivity contribution >= 4 is 11.8 Å².